The number of esters is 1. The highest BCUT2D eigenvalue weighted by molar-refractivity contribution is 5.95. The number of ether oxygens (including phenoxy) is 4. The van der Waals surface area contributed by atoms with Gasteiger partial charge in [-0.3, -0.25) is 4.79 Å². The Hall–Kier alpha value is -1.71. The molecule has 0 aliphatic carbocycles. The first-order valence-corrected chi connectivity index (χ1v) is 7.55. The molecule has 2 N–H and O–H groups in total. The number of fused-ring (bicyclic) bond motifs is 1. The maximum Gasteiger partial charge on any atom is 0.303 e. The molecule has 3 aliphatic heterocycles. The standard InChI is InChI=1S/C14H20FN3O5/c1-3-4-20-10-9(22-7(2)19)6-21-13(10)18-5-8(15)11(16)17-12-14(18)23-12/h5,9-10,12-14H,3-4,6H2,1-2H3,(H2,16,17). The first kappa shape index (κ1) is 16.2. The summed E-state index contributed by atoms with van der Waals surface area (Å²) in [6, 6.07) is 0. The second-order valence-electron chi connectivity index (χ2n) is 5.56. The minimum Gasteiger partial charge on any atom is -0.457 e. The molecular weight excluding hydrogens is 309 g/mol. The Balaban J connectivity index is 1.78. The van der Waals surface area contributed by atoms with E-state index < -0.39 is 42.7 Å². The molecule has 8 nitrogen and oxygen atoms in total. The number of carbonyl (C=O) groups excluding carboxylic acids is 1. The van der Waals surface area contributed by atoms with Crippen LogP contribution in [0.15, 0.2) is 17.0 Å². The van der Waals surface area contributed by atoms with E-state index in [9.17, 15) is 9.18 Å². The van der Waals surface area contributed by atoms with Gasteiger partial charge in [0.25, 0.3) is 0 Å². The number of aliphatic imine (C=N–C) groups is 1. The van der Waals surface area contributed by atoms with E-state index in [0.29, 0.717) is 6.61 Å². The first-order chi connectivity index (χ1) is 11.0. The summed E-state index contributed by atoms with van der Waals surface area (Å²) in [5, 5.41) is 0. The van der Waals surface area contributed by atoms with E-state index in [4.69, 9.17) is 24.7 Å². The van der Waals surface area contributed by atoms with E-state index in [0.717, 1.165) is 6.42 Å². The van der Waals surface area contributed by atoms with Gasteiger partial charge in [0.1, 0.15) is 6.10 Å². The lowest BCUT2D eigenvalue weighted by Crippen LogP contribution is -2.46. The van der Waals surface area contributed by atoms with E-state index in [1.807, 2.05) is 6.92 Å². The molecule has 0 aromatic carbocycles. The molecule has 0 radical (unpaired) electrons. The summed E-state index contributed by atoms with van der Waals surface area (Å²) >= 11 is 0. The van der Waals surface area contributed by atoms with E-state index >= 15 is 0 Å². The second-order valence-corrected chi connectivity index (χ2v) is 5.56. The number of rotatable bonds is 5. The maximum absolute atomic E-state index is 13.9. The van der Waals surface area contributed by atoms with Crippen molar-refractivity contribution in [2.24, 2.45) is 10.7 Å². The summed E-state index contributed by atoms with van der Waals surface area (Å²) in [7, 11) is 0. The zero-order chi connectivity index (χ0) is 16.6. The van der Waals surface area contributed by atoms with Gasteiger partial charge in [-0.15, -0.1) is 0 Å². The van der Waals surface area contributed by atoms with Gasteiger partial charge in [-0.25, -0.2) is 9.38 Å². The average Bonchev–Trinajstić information content (AvgIpc) is 3.16. The fourth-order valence-corrected chi connectivity index (χ4v) is 2.68. The third-order valence-corrected chi connectivity index (χ3v) is 3.72. The second kappa shape index (κ2) is 6.42. The van der Waals surface area contributed by atoms with E-state index in [1.165, 1.54) is 13.1 Å². The van der Waals surface area contributed by atoms with Gasteiger partial charge in [-0.05, 0) is 6.42 Å². The number of halogens is 1. The number of nitrogens with zero attached hydrogens (tertiary/aromatic N) is 2. The van der Waals surface area contributed by atoms with Gasteiger partial charge in [0.05, 0.1) is 6.61 Å². The van der Waals surface area contributed by atoms with Gasteiger partial charge < -0.3 is 29.6 Å². The van der Waals surface area contributed by atoms with Crippen molar-refractivity contribution in [2.45, 2.75) is 51.2 Å². The van der Waals surface area contributed by atoms with Gasteiger partial charge >= 0.3 is 5.97 Å². The summed E-state index contributed by atoms with van der Waals surface area (Å²) in [6.07, 6.45) is -0.740. The normalized spacial score (nSPS) is 36.0. The molecule has 0 spiro atoms. The largest absolute Gasteiger partial charge is 0.457 e. The monoisotopic (exact) mass is 329 g/mol. The van der Waals surface area contributed by atoms with Crippen LogP contribution in [0.4, 0.5) is 4.39 Å². The summed E-state index contributed by atoms with van der Waals surface area (Å²) in [5.74, 6) is -1.29. The van der Waals surface area contributed by atoms with Crippen LogP contribution >= 0.6 is 0 Å². The molecule has 5 unspecified atom stereocenters. The van der Waals surface area contributed by atoms with Crippen molar-refractivity contribution in [1.82, 2.24) is 4.90 Å². The lowest BCUT2D eigenvalue weighted by atomic mass is 10.2. The molecule has 3 heterocycles. The first-order valence-electron chi connectivity index (χ1n) is 7.55. The van der Waals surface area contributed by atoms with Crippen molar-refractivity contribution in [1.29, 1.82) is 0 Å². The minimum atomic E-state index is -0.658. The molecule has 3 aliphatic rings. The SMILES string of the molecule is CCCOC1C(OC(C)=O)COC1N1C=C(F)C(N)=NC2OC21. The van der Waals surface area contributed by atoms with Crippen LogP contribution in [0.2, 0.25) is 0 Å². The number of amidine groups is 1. The predicted molar refractivity (Wildman–Crippen MR) is 76.6 cm³/mol. The topological polar surface area (TPSA) is 98.9 Å². The number of nitrogens with two attached hydrogens (primary N) is 1. The highest BCUT2D eigenvalue weighted by Crippen LogP contribution is 2.36. The minimum absolute atomic E-state index is 0.165. The quantitative estimate of drug-likeness (QED) is 0.569. The molecule has 0 bridgehead atoms. The average molecular weight is 329 g/mol. The van der Waals surface area contributed by atoms with Gasteiger partial charge in [0.15, 0.2) is 36.5 Å². The number of hydrogen-bond acceptors (Lipinski definition) is 8. The van der Waals surface area contributed by atoms with Crippen LogP contribution in [-0.4, -0.2) is 60.8 Å². The number of carbonyl (C=O) groups is 1. The molecule has 0 aromatic heterocycles. The van der Waals surface area contributed by atoms with Gasteiger partial charge in [-0.2, -0.15) is 0 Å². The third kappa shape index (κ3) is 3.31. The Morgan fingerprint density at radius 3 is 3.04 bits per heavy atom. The van der Waals surface area contributed by atoms with Crippen LogP contribution < -0.4 is 5.73 Å². The smallest absolute Gasteiger partial charge is 0.303 e. The Morgan fingerprint density at radius 2 is 2.35 bits per heavy atom. The van der Waals surface area contributed by atoms with Crippen molar-refractivity contribution in [3.8, 4) is 0 Å². The zero-order valence-corrected chi connectivity index (χ0v) is 13.0. The molecule has 5 atom stereocenters. The van der Waals surface area contributed by atoms with Crippen LogP contribution in [0, 0.1) is 0 Å². The van der Waals surface area contributed by atoms with Crippen LogP contribution in [0.3, 0.4) is 0 Å². The van der Waals surface area contributed by atoms with E-state index in [2.05, 4.69) is 4.99 Å². The molecule has 0 saturated carbocycles. The number of epoxide rings is 1. The lowest BCUT2D eigenvalue weighted by Gasteiger charge is -2.30. The Morgan fingerprint density at radius 1 is 1.57 bits per heavy atom. The zero-order valence-electron chi connectivity index (χ0n) is 13.0. The Kier molecular flexibility index (Phi) is 4.51. The summed E-state index contributed by atoms with van der Waals surface area (Å²) in [5.41, 5.74) is 5.52. The van der Waals surface area contributed by atoms with Gasteiger partial charge in [0, 0.05) is 19.7 Å². The molecule has 23 heavy (non-hydrogen) atoms. The predicted octanol–water partition coefficient (Wildman–Crippen LogP) is 0.236. The van der Waals surface area contributed by atoms with Crippen LogP contribution in [0.1, 0.15) is 20.3 Å². The summed E-state index contributed by atoms with van der Waals surface area (Å²) in [4.78, 5) is 16.7. The molecular formula is C14H20FN3O5. The Labute approximate surface area is 133 Å². The summed E-state index contributed by atoms with van der Waals surface area (Å²) < 4.78 is 36.0. The van der Waals surface area contributed by atoms with Gasteiger partial charge in [0.2, 0.25) is 0 Å². The van der Waals surface area contributed by atoms with Crippen LogP contribution in [0.5, 0.6) is 0 Å². The van der Waals surface area contributed by atoms with E-state index in [-0.39, 0.29) is 12.4 Å². The molecule has 0 aromatic rings. The van der Waals surface area contributed by atoms with Crippen molar-refractivity contribution in [3.05, 3.63) is 12.0 Å². The maximum atomic E-state index is 13.9. The van der Waals surface area contributed by atoms with Crippen molar-refractivity contribution in [2.75, 3.05) is 13.2 Å². The van der Waals surface area contributed by atoms with Gasteiger partial charge in [-0.1, -0.05) is 6.92 Å². The molecule has 3 rings (SSSR count). The van der Waals surface area contributed by atoms with E-state index in [1.54, 1.807) is 4.90 Å². The fraction of sp³-hybridized carbons (Fsp3) is 0.714. The molecule has 2 saturated heterocycles. The van der Waals surface area contributed by atoms with Crippen molar-refractivity contribution in [3.63, 3.8) is 0 Å². The van der Waals surface area contributed by atoms with Crippen LogP contribution in [-0.2, 0) is 23.7 Å². The molecule has 128 valence electrons. The fourth-order valence-electron chi connectivity index (χ4n) is 2.68. The highest BCUT2D eigenvalue weighted by Gasteiger charge is 2.53. The Bertz CT molecular complexity index is 541. The lowest BCUT2D eigenvalue weighted by molar-refractivity contribution is -0.154. The van der Waals surface area contributed by atoms with Crippen LogP contribution in [0.25, 0.3) is 0 Å². The summed E-state index contributed by atoms with van der Waals surface area (Å²) in [6.45, 7) is 3.92. The molecule has 2 fully saturated rings. The van der Waals surface area contributed by atoms with Crippen molar-refractivity contribution < 1.29 is 28.1 Å². The highest BCUT2D eigenvalue weighted by atomic mass is 19.1. The number of hydrogen-bond donors (Lipinski definition) is 1. The van der Waals surface area contributed by atoms with Crippen molar-refractivity contribution >= 4 is 11.8 Å². The molecule has 0 amide bonds. The third-order valence-electron chi connectivity index (χ3n) is 3.72. The molecule has 9 heteroatoms.